The number of rotatable bonds is 2. The van der Waals surface area contributed by atoms with E-state index in [0.29, 0.717) is 0 Å². The van der Waals surface area contributed by atoms with Crippen LogP contribution in [0.3, 0.4) is 0 Å². The first kappa shape index (κ1) is 10.6. The zero-order valence-corrected chi connectivity index (χ0v) is 10.5. The van der Waals surface area contributed by atoms with Gasteiger partial charge >= 0.3 is 0 Å². The van der Waals surface area contributed by atoms with Gasteiger partial charge in [-0.2, -0.15) is 0 Å². The highest BCUT2D eigenvalue weighted by Crippen LogP contribution is 2.28. The Kier molecular flexibility index (Phi) is 3.36. The van der Waals surface area contributed by atoms with Gasteiger partial charge in [-0.1, -0.05) is 48.5 Å². The highest BCUT2D eigenvalue weighted by atomic mass is 31.0. The molecule has 0 aliphatic carbocycles. The molecule has 0 aromatic heterocycles. The van der Waals surface area contributed by atoms with E-state index in [1.54, 1.807) is 0 Å². The number of para-hydroxylation sites is 2. The van der Waals surface area contributed by atoms with Crippen LogP contribution in [0.5, 0.6) is 0 Å². The van der Waals surface area contributed by atoms with Crippen molar-refractivity contribution in [1.82, 2.24) is 0 Å². The summed E-state index contributed by atoms with van der Waals surface area (Å²) in [6.45, 7) is 0. The molecular weight excluding hydrogens is 220 g/mol. The van der Waals surface area contributed by atoms with Crippen molar-refractivity contribution in [3.8, 4) is 0 Å². The minimum Gasteiger partial charge on any atom is -0.657 e. The molecule has 15 heavy (non-hydrogen) atoms. The molecule has 76 valence electrons. The average Bonchev–Trinajstić information content (AvgIpc) is 2.24. The molecule has 2 rings (SSSR count). The molecule has 0 heterocycles. The van der Waals surface area contributed by atoms with Crippen molar-refractivity contribution in [2.24, 2.45) is 0 Å². The molecule has 2 atom stereocenters. The maximum Gasteiger partial charge on any atom is -0.0449 e. The Balaban J connectivity index is 2.30. The Morgan fingerprint density at radius 3 is 1.47 bits per heavy atom. The van der Waals surface area contributed by atoms with E-state index in [1.165, 1.54) is 0 Å². The van der Waals surface area contributed by atoms with Gasteiger partial charge in [-0.3, -0.25) is 0 Å². The van der Waals surface area contributed by atoms with Crippen molar-refractivity contribution in [2.75, 3.05) is 0 Å². The lowest BCUT2D eigenvalue weighted by molar-refractivity contribution is 1.68. The molecule has 0 spiro atoms. The van der Waals surface area contributed by atoms with E-state index in [0.717, 1.165) is 22.0 Å². The van der Waals surface area contributed by atoms with Crippen LogP contribution in [0.2, 0.25) is 0 Å². The Bertz CT molecular complexity index is 425. The van der Waals surface area contributed by atoms with Crippen molar-refractivity contribution < 1.29 is 0 Å². The molecule has 3 heteroatoms. The van der Waals surface area contributed by atoms with E-state index < -0.39 is 0 Å². The molecule has 0 aliphatic rings. The van der Waals surface area contributed by atoms with Gasteiger partial charge in [0, 0.05) is 0 Å². The largest absolute Gasteiger partial charge is 0.657 e. The number of nitrogens with zero attached hydrogens (tertiary/aromatic N) is 1. The van der Waals surface area contributed by atoms with Gasteiger partial charge in [0.05, 0.1) is 0 Å². The maximum atomic E-state index is 4.60. The Morgan fingerprint density at radius 1 is 0.667 bits per heavy atom. The van der Waals surface area contributed by atoms with Crippen LogP contribution < -0.4 is 10.6 Å². The van der Waals surface area contributed by atoms with Crippen LogP contribution in [0.15, 0.2) is 48.5 Å². The maximum absolute atomic E-state index is 4.60. The smallest absolute Gasteiger partial charge is 0.0449 e. The third-order valence-electron chi connectivity index (χ3n) is 2.11. The third-order valence-corrected chi connectivity index (χ3v) is 3.09. The first-order valence-electron chi connectivity index (χ1n) is 4.68. The van der Waals surface area contributed by atoms with E-state index in [1.807, 2.05) is 48.5 Å². The van der Waals surface area contributed by atoms with Gasteiger partial charge in [-0.15, -0.1) is 29.9 Å². The normalized spacial score (nSPS) is 10.0. The summed E-state index contributed by atoms with van der Waals surface area (Å²) in [5, 5.41) is 6.83. The summed E-state index contributed by atoms with van der Waals surface area (Å²) in [4.78, 5) is 0. The minimum absolute atomic E-state index is 0.998. The van der Waals surface area contributed by atoms with Gasteiger partial charge in [-0.05, 0) is 10.6 Å². The lowest BCUT2D eigenvalue weighted by atomic mass is 10.2. The van der Waals surface area contributed by atoms with Gasteiger partial charge in [-0.25, -0.2) is 0 Å². The highest BCUT2D eigenvalue weighted by Gasteiger charge is 1.89. The van der Waals surface area contributed by atoms with Crippen molar-refractivity contribution in [3.63, 3.8) is 0 Å². The van der Waals surface area contributed by atoms with E-state index in [4.69, 9.17) is 0 Å². The summed E-state index contributed by atoms with van der Waals surface area (Å²) < 4.78 is 0. The summed E-state index contributed by atoms with van der Waals surface area (Å²) in [5.41, 5.74) is 2.00. The van der Waals surface area contributed by atoms with Gasteiger partial charge in [0.15, 0.2) is 0 Å². The number of hydrogen-bond acceptors (Lipinski definition) is 0. The van der Waals surface area contributed by atoms with Gasteiger partial charge < -0.3 is 5.32 Å². The van der Waals surface area contributed by atoms with Crippen LogP contribution in [0, 0.1) is 0 Å². The van der Waals surface area contributed by atoms with Crippen molar-refractivity contribution in [2.45, 2.75) is 0 Å². The fraction of sp³-hybridized carbons (Fsp3) is 0. The molecule has 0 saturated carbocycles. The Morgan fingerprint density at radius 2 is 1.07 bits per heavy atom. The molecule has 2 unspecified atom stereocenters. The highest BCUT2D eigenvalue weighted by molar-refractivity contribution is 7.28. The second-order valence-corrected chi connectivity index (χ2v) is 4.47. The van der Waals surface area contributed by atoms with Gasteiger partial charge in [0.25, 0.3) is 0 Å². The second-order valence-electron chi connectivity index (χ2n) is 3.23. The Hall–Kier alpha value is -0.900. The molecule has 0 saturated heterocycles. The number of hydrogen-bond donors (Lipinski definition) is 0. The molecule has 0 aliphatic heterocycles. The lowest BCUT2D eigenvalue weighted by Crippen LogP contribution is -1.94. The molecule has 2 aromatic rings. The summed E-state index contributed by atoms with van der Waals surface area (Å²) in [6.07, 6.45) is 0. The van der Waals surface area contributed by atoms with Gasteiger partial charge in [0.1, 0.15) is 0 Å². The fourth-order valence-corrected chi connectivity index (χ4v) is 1.85. The van der Waals surface area contributed by atoms with E-state index in [-0.39, 0.29) is 0 Å². The van der Waals surface area contributed by atoms with Crippen LogP contribution in [0.4, 0.5) is 11.4 Å². The zero-order valence-electron chi connectivity index (χ0n) is 8.22. The first-order valence-corrected chi connectivity index (χ1v) is 5.83. The molecule has 0 radical (unpaired) electrons. The summed E-state index contributed by atoms with van der Waals surface area (Å²) in [6, 6.07) is 16.1. The predicted molar refractivity (Wildman–Crippen MR) is 74.3 cm³/mol. The molecule has 0 amide bonds. The van der Waals surface area contributed by atoms with Crippen molar-refractivity contribution in [1.29, 1.82) is 0 Å². The molecule has 0 fully saturated rings. The summed E-state index contributed by atoms with van der Waals surface area (Å²) >= 11 is 0. The van der Waals surface area contributed by atoms with E-state index >= 15 is 0 Å². The predicted octanol–water partition coefficient (Wildman–Crippen LogP) is 3.02. The monoisotopic (exact) mass is 232 g/mol. The minimum atomic E-state index is 0.998. The molecule has 0 N–H and O–H groups in total. The summed E-state index contributed by atoms with van der Waals surface area (Å²) in [5.74, 6) is 0. The number of benzene rings is 2. The lowest BCUT2D eigenvalue weighted by Gasteiger charge is -2.26. The zero-order chi connectivity index (χ0) is 10.7. The van der Waals surface area contributed by atoms with Crippen LogP contribution in [-0.2, 0) is 0 Å². The van der Waals surface area contributed by atoms with Crippen molar-refractivity contribution in [3.05, 3.63) is 53.8 Å². The third kappa shape index (κ3) is 2.56. The topological polar surface area (TPSA) is 14.1 Å². The van der Waals surface area contributed by atoms with Crippen LogP contribution in [0.25, 0.3) is 5.32 Å². The quantitative estimate of drug-likeness (QED) is 0.706. The van der Waals surface area contributed by atoms with Crippen molar-refractivity contribution >= 4 is 40.5 Å². The van der Waals surface area contributed by atoms with E-state index in [2.05, 4.69) is 23.8 Å². The average molecular weight is 232 g/mol. The molecular formula is C12H12NP2-. The molecule has 1 nitrogen and oxygen atoms in total. The fourth-order valence-electron chi connectivity index (χ4n) is 1.31. The second kappa shape index (κ2) is 4.75. The van der Waals surface area contributed by atoms with E-state index in [9.17, 15) is 0 Å². The van der Waals surface area contributed by atoms with Crippen LogP contribution in [-0.4, -0.2) is 0 Å². The Labute approximate surface area is 94.7 Å². The van der Waals surface area contributed by atoms with Gasteiger partial charge in [0.2, 0.25) is 0 Å². The summed E-state index contributed by atoms with van der Waals surface area (Å²) in [7, 11) is 5.40. The van der Waals surface area contributed by atoms with Crippen LogP contribution in [0.1, 0.15) is 0 Å². The molecule has 0 bridgehead atoms. The SMILES string of the molecule is Pc1ccccc1[N-]c1ccccc1P. The molecule has 2 aromatic carbocycles. The first-order chi connectivity index (χ1) is 7.27. The standard InChI is InChI=1S/C12H12NP2/c14-11-7-3-1-5-9(11)13-10-6-2-4-8-12(10)15/h1-8H,14-15H2/q-1. The van der Waals surface area contributed by atoms with Crippen LogP contribution >= 0.6 is 18.5 Å².